The molecule has 86 valence electrons. The van der Waals surface area contributed by atoms with E-state index in [9.17, 15) is 14.9 Å². The van der Waals surface area contributed by atoms with Crippen molar-refractivity contribution in [3.8, 4) is 5.88 Å². The number of hydrogen-bond donors (Lipinski definition) is 1. The lowest BCUT2D eigenvalue weighted by molar-refractivity contribution is -0.385. The first-order chi connectivity index (χ1) is 7.41. The Morgan fingerprint density at radius 1 is 1.62 bits per heavy atom. The molecule has 1 aromatic rings. The highest BCUT2D eigenvalue weighted by atomic mass is 16.6. The second-order valence-corrected chi connectivity index (χ2v) is 3.27. The fourth-order valence-corrected chi connectivity index (χ4v) is 1.05. The molecule has 0 saturated carbocycles. The van der Waals surface area contributed by atoms with Gasteiger partial charge in [0.2, 0.25) is 5.88 Å². The number of aromatic carboxylic acids is 1. The van der Waals surface area contributed by atoms with Crippen molar-refractivity contribution < 1.29 is 19.6 Å². The summed E-state index contributed by atoms with van der Waals surface area (Å²) in [5, 5.41) is 19.3. The number of carbonyl (C=O) groups is 1. The molecule has 0 atom stereocenters. The van der Waals surface area contributed by atoms with Crippen molar-refractivity contribution in [1.82, 2.24) is 4.98 Å². The lowest BCUT2D eigenvalue weighted by Crippen LogP contribution is -2.09. The fourth-order valence-electron chi connectivity index (χ4n) is 1.05. The van der Waals surface area contributed by atoms with Gasteiger partial charge in [0.1, 0.15) is 11.8 Å². The number of hydrogen-bond acceptors (Lipinski definition) is 5. The summed E-state index contributed by atoms with van der Waals surface area (Å²) in [5.74, 6) is -1.33. The highest BCUT2D eigenvalue weighted by molar-refractivity contribution is 5.92. The van der Waals surface area contributed by atoms with Gasteiger partial charge in [0, 0.05) is 6.07 Å². The van der Waals surface area contributed by atoms with Crippen LogP contribution in [0.2, 0.25) is 0 Å². The summed E-state index contributed by atoms with van der Waals surface area (Å²) in [4.78, 5) is 24.2. The Labute approximate surface area is 90.8 Å². The van der Waals surface area contributed by atoms with Gasteiger partial charge in [0.05, 0.1) is 11.0 Å². The van der Waals surface area contributed by atoms with E-state index in [1.54, 1.807) is 13.8 Å². The van der Waals surface area contributed by atoms with Gasteiger partial charge in [0.15, 0.2) is 0 Å². The molecule has 0 unspecified atom stereocenters. The SMILES string of the molecule is CC(C)Oc1cc(C(=O)O)c([N+](=O)[O-])cn1. The molecule has 7 heteroatoms. The van der Waals surface area contributed by atoms with Gasteiger partial charge in [-0.15, -0.1) is 0 Å². The Morgan fingerprint density at radius 2 is 2.25 bits per heavy atom. The minimum absolute atomic E-state index is 0.0537. The number of aromatic nitrogens is 1. The van der Waals surface area contributed by atoms with Crippen molar-refractivity contribution in [2.75, 3.05) is 0 Å². The van der Waals surface area contributed by atoms with Gasteiger partial charge in [-0.3, -0.25) is 10.1 Å². The molecule has 0 saturated heterocycles. The molecular weight excluding hydrogens is 216 g/mol. The zero-order valence-corrected chi connectivity index (χ0v) is 8.71. The van der Waals surface area contributed by atoms with E-state index in [0.717, 1.165) is 12.3 Å². The van der Waals surface area contributed by atoms with E-state index < -0.39 is 22.1 Å². The smallest absolute Gasteiger partial charge is 0.342 e. The Bertz CT molecular complexity index is 430. The molecule has 0 aliphatic rings. The van der Waals surface area contributed by atoms with Crippen LogP contribution >= 0.6 is 0 Å². The van der Waals surface area contributed by atoms with E-state index in [-0.39, 0.29) is 12.0 Å². The van der Waals surface area contributed by atoms with Crippen LogP contribution in [0, 0.1) is 10.1 Å². The zero-order valence-electron chi connectivity index (χ0n) is 8.71. The first-order valence-electron chi connectivity index (χ1n) is 4.46. The fraction of sp³-hybridized carbons (Fsp3) is 0.333. The Hall–Kier alpha value is -2.18. The van der Waals surface area contributed by atoms with E-state index in [1.165, 1.54) is 0 Å². The maximum absolute atomic E-state index is 10.8. The van der Waals surface area contributed by atoms with E-state index in [4.69, 9.17) is 9.84 Å². The largest absolute Gasteiger partial charge is 0.477 e. The predicted octanol–water partition coefficient (Wildman–Crippen LogP) is 1.48. The van der Waals surface area contributed by atoms with Gasteiger partial charge >= 0.3 is 11.7 Å². The molecule has 1 heterocycles. The lowest BCUT2D eigenvalue weighted by Gasteiger charge is -2.08. The number of nitrogens with zero attached hydrogens (tertiary/aromatic N) is 2. The van der Waals surface area contributed by atoms with Crippen molar-refractivity contribution in [1.29, 1.82) is 0 Å². The summed E-state index contributed by atoms with van der Waals surface area (Å²) >= 11 is 0. The van der Waals surface area contributed by atoms with Crippen LogP contribution < -0.4 is 4.74 Å². The van der Waals surface area contributed by atoms with Crippen LogP contribution in [-0.4, -0.2) is 27.1 Å². The summed E-state index contributed by atoms with van der Waals surface area (Å²) in [6.07, 6.45) is 0.692. The highest BCUT2D eigenvalue weighted by Gasteiger charge is 2.21. The van der Waals surface area contributed by atoms with Gasteiger partial charge in [-0.2, -0.15) is 0 Å². The van der Waals surface area contributed by atoms with Crippen molar-refractivity contribution >= 4 is 11.7 Å². The quantitative estimate of drug-likeness (QED) is 0.616. The topological polar surface area (TPSA) is 103 Å². The van der Waals surface area contributed by atoms with E-state index in [0.29, 0.717) is 0 Å². The molecular formula is C9H10N2O5. The van der Waals surface area contributed by atoms with Gasteiger partial charge in [-0.05, 0) is 13.8 Å². The second-order valence-electron chi connectivity index (χ2n) is 3.27. The summed E-state index contributed by atoms with van der Waals surface area (Å²) in [6, 6.07) is 1.04. The number of carboxylic acids is 1. The molecule has 0 spiro atoms. The van der Waals surface area contributed by atoms with Crippen LogP contribution in [0.25, 0.3) is 0 Å². The molecule has 0 radical (unpaired) electrons. The van der Waals surface area contributed by atoms with Crippen LogP contribution in [0.3, 0.4) is 0 Å². The highest BCUT2D eigenvalue weighted by Crippen LogP contribution is 2.21. The monoisotopic (exact) mass is 226 g/mol. The number of rotatable bonds is 4. The van der Waals surface area contributed by atoms with E-state index in [2.05, 4.69) is 4.98 Å². The predicted molar refractivity (Wildman–Crippen MR) is 53.6 cm³/mol. The third-order valence-electron chi connectivity index (χ3n) is 1.64. The van der Waals surface area contributed by atoms with E-state index >= 15 is 0 Å². The second kappa shape index (κ2) is 4.56. The molecule has 1 aromatic heterocycles. The number of nitro groups is 1. The first kappa shape index (κ1) is 11.9. The summed E-state index contributed by atoms with van der Waals surface area (Å²) in [5.41, 5.74) is -0.987. The molecule has 0 amide bonds. The molecule has 1 rings (SSSR count). The molecule has 1 N–H and O–H groups in total. The van der Waals surface area contributed by atoms with Gasteiger partial charge < -0.3 is 9.84 Å². The summed E-state index contributed by atoms with van der Waals surface area (Å²) in [7, 11) is 0. The zero-order chi connectivity index (χ0) is 12.3. The van der Waals surface area contributed by atoms with Crippen molar-refractivity contribution in [2.24, 2.45) is 0 Å². The van der Waals surface area contributed by atoms with Crippen molar-refractivity contribution in [3.05, 3.63) is 27.9 Å². The number of pyridine rings is 1. The van der Waals surface area contributed by atoms with Gasteiger partial charge in [0.25, 0.3) is 0 Å². The van der Waals surface area contributed by atoms with Crippen LogP contribution in [0.15, 0.2) is 12.3 Å². The van der Waals surface area contributed by atoms with Gasteiger partial charge in [-0.1, -0.05) is 0 Å². The van der Waals surface area contributed by atoms with Crippen LogP contribution in [0.1, 0.15) is 24.2 Å². The molecule has 0 fully saturated rings. The minimum Gasteiger partial charge on any atom is -0.477 e. The average Bonchev–Trinajstić information content (AvgIpc) is 2.16. The molecule has 7 nitrogen and oxygen atoms in total. The molecule has 0 aromatic carbocycles. The summed E-state index contributed by atoms with van der Waals surface area (Å²) < 4.78 is 5.14. The third-order valence-corrected chi connectivity index (χ3v) is 1.64. The van der Waals surface area contributed by atoms with Crippen LogP contribution in [0.5, 0.6) is 5.88 Å². The Balaban J connectivity index is 3.17. The molecule has 0 aliphatic heterocycles. The maximum Gasteiger partial charge on any atom is 0.342 e. The number of carboxylic acid groups (broad SMARTS) is 1. The molecule has 0 bridgehead atoms. The van der Waals surface area contributed by atoms with Gasteiger partial charge in [-0.25, -0.2) is 9.78 Å². The Morgan fingerprint density at radius 3 is 2.69 bits per heavy atom. The van der Waals surface area contributed by atoms with Crippen molar-refractivity contribution in [2.45, 2.75) is 20.0 Å². The van der Waals surface area contributed by atoms with Crippen molar-refractivity contribution in [3.63, 3.8) is 0 Å². The average molecular weight is 226 g/mol. The third kappa shape index (κ3) is 2.66. The first-order valence-corrected chi connectivity index (χ1v) is 4.46. The molecule has 16 heavy (non-hydrogen) atoms. The van der Waals surface area contributed by atoms with Crippen LogP contribution in [-0.2, 0) is 0 Å². The normalized spacial score (nSPS) is 10.2. The van der Waals surface area contributed by atoms with E-state index in [1.807, 2.05) is 0 Å². The minimum atomic E-state index is -1.39. The summed E-state index contributed by atoms with van der Waals surface area (Å²) in [6.45, 7) is 3.48. The maximum atomic E-state index is 10.8. The number of ether oxygens (including phenoxy) is 1. The Kier molecular flexibility index (Phi) is 3.39. The lowest BCUT2D eigenvalue weighted by atomic mass is 10.2. The molecule has 0 aliphatic carbocycles. The van der Waals surface area contributed by atoms with Crippen LogP contribution in [0.4, 0.5) is 5.69 Å². The standard InChI is InChI=1S/C9H10N2O5/c1-5(2)16-8-3-6(9(12)13)7(4-10-8)11(14)15/h3-5H,1-2H3,(H,12,13).